The van der Waals surface area contributed by atoms with Crippen LogP contribution in [0.2, 0.25) is 0 Å². The van der Waals surface area contributed by atoms with E-state index in [9.17, 15) is 4.39 Å². The zero-order valence-electron chi connectivity index (χ0n) is 12.3. The predicted octanol–water partition coefficient (Wildman–Crippen LogP) is 3.42. The first-order valence-electron chi connectivity index (χ1n) is 7.05. The zero-order chi connectivity index (χ0) is 15.2. The molecule has 3 nitrogen and oxygen atoms in total. The van der Waals surface area contributed by atoms with Crippen molar-refractivity contribution < 1.29 is 9.13 Å². The number of nitrogens with one attached hydrogen (secondary N) is 1. The maximum Gasteiger partial charge on any atom is 0.123 e. The van der Waals surface area contributed by atoms with Gasteiger partial charge in [-0.2, -0.15) is 0 Å². The van der Waals surface area contributed by atoms with Crippen LogP contribution in [0.25, 0.3) is 0 Å². The summed E-state index contributed by atoms with van der Waals surface area (Å²) in [6.07, 6.45) is -0.276. The number of halogens is 1. The van der Waals surface area contributed by atoms with Gasteiger partial charge in [0.25, 0.3) is 0 Å². The lowest BCUT2D eigenvalue weighted by molar-refractivity contribution is 0.0326. The summed E-state index contributed by atoms with van der Waals surface area (Å²) in [7, 11) is 0. The highest BCUT2D eigenvalue weighted by atomic mass is 19.1. The molecule has 0 saturated heterocycles. The lowest BCUT2D eigenvalue weighted by atomic mass is 9.95. The SMILES string of the molecule is CCOC(c1ccccc1)C(NN)c1cc(C)cc(F)c1. The largest absolute Gasteiger partial charge is 0.372 e. The Morgan fingerprint density at radius 1 is 1.14 bits per heavy atom. The Kier molecular flexibility index (Phi) is 5.44. The topological polar surface area (TPSA) is 47.3 Å². The zero-order valence-corrected chi connectivity index (χ0v) is 12.3. The third-order valence-corrected chi connectivity index (χ3v) is 3.38. The van der Waals surface area contributed by atoms with Crippen molar-refractivity contribution in [2.75, 3.05) is 6.61 Å². The van der Waals surface area contributed by atoms with Crippen LogP contribution in [0, 0.1) is 12.7 Å². The molecule has 0 bridgehead atoms. The first-order chi connectivity index (χ1) is 10.2. The van der Waals surface area contributed by atoms with Gasteiger partial charge in [0.2, 0.25) is 0 Å². The van der Waals surface area contributed by atoms with Gasteiger partial charge >= 0.3 is 0 Å². The molecule has 0 aliphatic heterocycles. The number of aryl methyl sites for hydroxylation is 1. The van der Waals surface area contributed by atoms with Gasteiger partial charge in [0, 0.05) is 6.61 Å². The molecule has 0 amide bonds. The number of nitrogens with two attached hydrogens (primary N) is 1. The van der Waals surface area contributed by atoms with E-state index in [1.165, 1.54) is 12.1 Å². The number of benzene rings is 2. The molecule has 0 radical (unpaired) electrons. The van der Waals surface area contributed by atoms with Gasteiger partial charge in [-0.1, -0.05) is 36.4 Å². The predicted molar refractivity (Wildman–Crippen MR) is 82.0 cm³/mol. The van der Waals surface area contributed by atoms with Gasteiger partial charge in [-0.3, -0.25) is 5.84 Å². The molecule has 3 N–H and O–H groups in total. The smallest absolute Gasteiger partial charge is 0.123 e. The maximum atomic E-state index is 13.7. The summed E-state index contributed by atoms with van der Waals surface area (Å²) in [6.45, 7) is 4.34. The van der Waals surface area contributed by atoms with E-state index in [0.29, 0.717) is 6.61 Å². The van der Waals surface area contributed by atoms with Gasteiger partial charge in [0.1, 0.15) is 11.9 Å². The fraction of sp³-hybridized carbons (Fsp3) is 0.294. The van der Waals surface area contributed by atoms with Crippen molar-refractivity contribution >= 4 is 0 Å². The number of rotatable bonds is 6. The van der Waals surface area contributed by atoms with Crippen molar-refractivity contribution in [3.8, 4) is 0 Å². The molecule has 0 aliphatic rings. The maximum absolute atomic E-state index is 13.7. The Morgan fingerprint density at radius 2 is 1.86 bits per heavy atom. The van der Waals surface area contributed by atoms with Crippen LogP contribution in [0.15, 0.2) is 48.5 Å². The summed E-state index contributed by atoms with van der Waals surface area (Å²) in [4.78, 5) is 0. The molecule has 0 aliphatic carbocycles. The number of hydrogen-bond donors (Lipinski definition) is 2. The number of hydrogen-bond acceptors (Lipinski definition) is 3. The normalized spacial score (nSPS) is 13.9. The van der Waals surface area contributed by atoms with Crippen LogP contribution >= 0.6 is 0 Å². The highest BCUT2D eigenvalue weighted by Crippen LogP contribution is 2.32. The van der Waals surface area contributed by atoms with Crippen molar-refractivity contribution in [1.82, 2.24) is 5.43 Å². The van der Waals surface area contributed by atoms with Crippen LogP contribution < -0.4 is 11.3 Å². The van der Waals surface area contributed by atoms with Crippen LogP contribution in [0.4, 0.5) is 4.39 Å². The molecule has 0 fully saturated rings. The van der Waals surface area contributed by atoms with Crippen LogP contribution in [-0.4, -0.2) is 6.61 Å². The summed E-state index contributed by atoms with van der Waals surface area (Å²) in [5, 5.41) is 0. The van der Waals surface area contributed by atoms with Crippen molar-refractivity contribution in [3.05, 3.63) is 71.0 Å². The quantitative estimate of drug-likeness (QED) is 0.632. The number of ether oxygens (including phenoxy) is 1. The monoisotopic (exact) mass is 288 g/mol. The fourth-order valence-electron chi connectivity index (χ4n) is 2.51. The van der Waals surface area contributed by atoms with Gasteiger partial charge in [0.05, 0.1) is 6.04 Å². The van der Waals surface area contributed by atoms with Crippen molar-refractivity contribution in [3.63, 3.8) is 0 Å². The first-order valence-corrected chi connectivity index (χ1v) is 7.05. The fourth-order valence-corrected chi connectivity index (χ4v) is 2.51. The van der Waals surface area contributed by atoms with Crippen LogP contribution in [-0.2, 0) is 4.74 Å². The van der Waals surface area contributed by atoms with Gasteiger partial charge in [-0.05, 0) is 42.7 Å². The Balaban J connectivity index is 2.40. The first kappa shape index (κ1) is 15.6. The molecule has 2 rings (SSSR count). The molecule has 0 heterocycles. The van der Waals surface area contributed by atoms with Gasteiger partial charge in [-0.25, -0.2) is 9.82 Å². The van der Waals surface area contributed by atoms with E-state index in [4.69, 9.17) is 10.6 Å². The highest BCUT2D eigenvalue weighted by molar-refractivity contribution is 5.30. The summed E-state index contributed by atoms with van der Waals surface area (Å²) >= 11 is 0. The second-order valence-electron chi connectivity index (χ2n) is 4.99. The third kappa shape index (κ3) is 3.88. The summed E-state index contributed by atoms with van der Waals surface area (Å²) in [6, 6.07) is 14.4. The molecule has 0 spiro atoms. The summed E-state index contributed by atoms with van der Waals surface area (Å²) in [5.74, 6) is 5.45. The van der Waals surface area contributed by atoms with E-state index in [1.807, 2.05) is 50.2 Å². The molecule has 4 heteroatoms. The molecule has 2 atom stereocenters. The molecule has 0 saturated carbocycles. The van der Waals surface area contributed by atoms with Crippen LogP contribution in [0.3, 0.4) is 0 Å². The lowest BCUT2D eigenvalue weighted by Crippen LogP contribution is -2.34. The Labute approximate surface area is 124 Å². The second-order valence-corrected chi connectivity index (χ2v) is 4.99. The Morgan fingerprint density at radius 3 is 2.43 bits per heavy atom. The van der Waals surface area contributed by atoms with E-state index in [1.54, 1.807) is 0 Å². The van der Waals surface area contributed by atoms with E-state index in [2.05, 4.69) is 5.43 Å². The molecule has 21 heavy (non-hydrogen) atoms. The Bertz CT molecular complexity index is 554. The van der Waals surface area contributed by atoms with Crippen molar-refractivity contribution in [2.24, 2.45) is 5.84 Å². The van der Waals surface area contributed by atoms with Crippen LogP contribution in [0.1, 0.15) is 35.8 Å². The van der Waals surface area contributed by atoms with E-state index in [-0.39, 0.29) is 18.0 Å². The van der Waals surface area contributed by atoms with E-state index >= 15 is 0 Å². The molecular formula is C17H21FN2O. The standard InChI is InChI=1S/C17H21FN2O/c1-3-21-17(13-7-5-4-6-8-13)16(20-19)14-9-12(2)10-15(18)11-14/h4-11,16-17,20H,3,19H2,1-2H3. The molecular weight excluding hydrogens is 267 g/mol. The van der Waals surface area contributed by atoms with Gasteiger partial charge in [0.15, 0.2) is 0 Å². The molecule has 2 aromatic rings. The minimum Gasteiger partial charge on any atom is -0.372 e. The molecule has 2 aromatic carbocycles. The molecule has 112 valence electrons. The average Bonchev–Trinajstić information content (AvgIpc) is 2.47. The molecule has 0 aromatic heterocycles. The summed E-state index contributed by atoms with van der Waals surface area (Å²) in [5.41, 5.74) is 5.40. The minimum atomic E-state index is -0.318. The highest BCUT2D eigenvalue weighted by Gasteiger charge is 2.25. The van der Waals surface area contributed by atoms with Gasteiger partial charge < -0.3 is 4.74 Å². The van der Waals surface area contributed by atoms with E-state index < -0.39 is 0 Å². The second kappa shape index (κ2) is 7.31. The van der Waals surface area contributed by atoms with E-state index in [0.717, 1.165) is 16.7 Å². The van der Waals surface area contributed by atoms with Crippen LogP contribution in [0.5, 0.6) is 0 Å². The minimum absolute atomic E-state index is 0.270. The number of hydrazine groups is 1. The lowest BCUT2D eigenvalue weighted by Gasteiger charge is -2.27. The van der Waals surface area contributed by atoms with Crippen molar-refractivity contribution in [1.29, 1.82) is 0 Å². The van der Waals surface area contributed by atoms with Crippen molar-refractivity contribution in [2.45, 2.75) is 26.0 Å². The summed E-state index contributed by atoms with van der Waals surface area (Å²) < 4.78 is 19.5. The third-order valence-electron chi connectivity index (χ3n) is 3.38. The Hall–Kier alpha value is -1.75. The molecule has 2 unspecified atom stereocenters. The average molecular weight is 288 g/mol. The van der Waals surface area contributed by atoms with Gasteiger partial charge in [-0.15, -0.1) is 0 Å².